The molecule has 132 valence electrons. The highest BCUT2D eigenvalue weighted by atomic mass is 16.5. The Morgan fingerprint density at radius 3 is 2.60 bits per heavy atom. The van der Waals surface area contributed by atoms with Crippen molar-refractivity contribution < 1.29 is 19.4 Å². The van der Waals surface area contributed by atoms with E-state index in [2.05, 4.69) is 4.90 Å². The van der Waals surface area contributed by atoms with Gasteiger partial charge >= 0.3 is 0 Å². The lowest BCUT2D eigenvalue weighted by molar-refractivity contribution is 0.0358. The Bertz CT molecular complexity index is 696. The van der Waals surface area contributed by atoms with Crippen molar-refractivity contribution in [3.8, 4) is 11.5 Å². The third kappa shape index (κ3) is 4.81. The number of hydrogen-bond acceptors (Lipinski definition) is 5. The van der Waals surface area contributed by atoms with Gasteiger partial charge in [0.2, 0.25) is 0 Å². The Morgan fingerprint density at radius 1 is 1.12 bits per heavy atom. The number of carbonyl (C=O) groups excluding carboxylic acids is 1. The van der Waals surface area contributed by atoms with E-state index < -0.39 is 0 Å². The van der Waals surface area contributed by atoms with Gasteiger partial charge in [-0.15, -0.1) is 0 Å². The molecule has 0 aromatic heterocycles. The quantitative estimate of drug-likeness (QED) is 0.620. The zero-order valence-corrected chi connectivity index (χ0v) is 14.2. The summed E-state index contributed by atoms with van der Waals surface area (Å²) in [5.41, 5.74) is 0.837. The average Bonchev–Trinajstić information content (AvgIpc) is 2.66. The van der Waals surface area contributed by atoms with E-state index in [4.69, 9.17) is 9.47 Å². The summed E-state index contributed by atoms with van der Waals surface area (Å²) in [5, 5.41) is 10.2. The number of benzene rings is 2. The standard InChI is InChI=1S/C20H23NO4/c22-19-15-17(25-12-4-9-21-10-13-24-14-11-21)7-8-18(19)20(23)16-5-2-1-3-6-16/h1-3,5-8,15,22H,4,9-14H2. The van der Waals surface area contributed by atoms with Crippen LogP contribution in [0.25, 0.3) is 0 Å². The summed E-state index contributed by atoms with van der Waals surface area (Å²) in [6.07, 6.45) is 0.908. The van der Waals surface area contributed by atoms with Gasteiger partial charge in [0.1, 0.15) is 11.5 Å². The van der Waals surface area contributed by atoms with Crippen LogP contribution in [0.1, 0.15) is 22.3 Å². The molecular weight excluding hydrogens is 318 g/mol. The molecule has 0 radical (unpaired) electrons. The van der Waals surface area contributed by atoms with E-state index in [0.717, 1.165) is 39.3 Å². The van der Waals surface area contributed by atoms with Crippen molar-refractivity contribution in [1.29, 1.82) is 0 Å². The topological polar surface area (TPSA) is 59.0 Å². The molecule has 0 bridgehead atoms. The van der Waals surface area contributed by atoms with Crippen LogP contribution in [0.15, 0.2) is 48.5 Å². The van der Waals surface area contributed by atoms with Gasteiger partial charge in [-0.1, -0.05) is 30.3 Å². The van der Waals surface area contributed by atoms with Gasteiger partial charge in [-0.3, -0.25) is 9.69 Å². The van der Waals surface area contributed by atoms with Crippen LogP contribution in [0.4, 0.5) is 0 Å². The minimum absolute atomic E-state index is 0.0560. The Hall–Kier alpha value is -2.37. The van der Waals surface area contributed by atoms with Gasteiger partial charge < -0.3 is 14.6 Å². The highest BCUT2D eigenvalue weighted by Gasteiger charge is 2.14. The average molecular weight is 341 g/mol. The number of rotatable bonds is 7. The van der Waals surface area contributed by atoms with E-state index in [0.29, 0.717) is 17.9 Å². The molecule has 0 unspecified atom stereocenters. The molecule has 5 heteroatoms. The predicted octanol–water partition coefficient (Wildman–Crippen LogP) is 2.72. The number of phenols is 1. The van der Waals surface area contributed by atoms with Crippen LogP contribution in [-0.4, -0.2) is 55.2 Å². The molecular formula is C20H23NO4. The van der Waals surface area contributed by atoms with Crippen molar-refractivity contribution in [2.45, 2.75) is 6.42 Å². The number of hydrogen-bond donors (Lipinski definition) is 1. The van der Waals surface area contributed by atoms with E-state index in [1.54, 1.807) is 36.4 Å². The number of nitrogens with zero attached hydrogens (tertiary/aromatic N) is 1. The van der Waals surface area contributed by atoms with Crippen LogP contribution in [0.5, 0.6) is 11.5 Å². The molecule has 2 aromatic rings. The van der Waals surface area contributed by atoms with Gasteiger partial charge in [0.15, 0.2) is 5.78 Å². The summed E-state index contributed by atoms with van der Waals surface area (Å²) in [5.74, 6) is 0.320. The zero-order valence-electron chi connectivity index (χ0n) is 14.2. The maximum Gasteiger partial charge on any atom is 0.196 e. The second kappa shape index (κ2) is 8.65. The van der Waals surface area contributed by atoms with Gasteiger partial charge in [-0.25, -0.2) is 0 Å². The normalized spacial score (nSPS) is 15.0. The van der Waals surface area contributed by atoms with Crippen LogP contribution in [0, 0.1) is 0 Å². The Morgan fingerprint density at radius 2 is 1.88 bits per heavy atom. The van der Waals surface area contributed by atoms with Gasteiger partial charge in [0.05, 0.1) is 25.4 Å². The number of aromatic hydroxyl groups is 1. The monoisotopic (exact) mass is 341 g/mol. The summed E-state index contributed by atoms with van der Waals surface area (Å²) in [7, 11) is 0. The first-order chi connectivity index (χ1) is 12.2. The molecule has 0 atom stereocenters. The number of ether oxygens (including phenoxy) is 2. The first kappa shape index (κ1) is 17.5. The van der Waals surface area contributed by atoms with Gasteiger partial charge in [0, 0.05) is 31.3 Å². The largest absolute Gasteiger partial charge is 0.507 e. The molecule has 0 spiro atoms. The van der Waals surface area contributed by atoms with Crippen LogP contribution in [0.2, 0.25) is 0 Å². The summed E-state index contributed by atoms with van der Waals surface area (Å²) in [6, 6.07) is 13.8. The second-order valence-corrected chi connectivity index (χ2v) is 6.03. The fourth-order valence-electron chi connectivity index (χ4n) is 2.84. The zero-order chi connectivity index (χ0) is 17.5. The Labute approximate surface area is 147 Å². The van der Waals surface area contributed by atoms with Crippen molar-refractivity contribution in [1.82, 2.24) is 4.90 Å². The van der Waals surface area contributed by atoms with E-state index in [1.807, 2.05) is 6.07 Å². The van der Waals surface area contributed by atoms with Crippen molar-refractivity contribution in [3.05, 3.63) is 59.7 Å². The highest BCUT2D eigenvalue weighted by Crippen LogP contribution is 2.26. The fourth-order valence-corrected chi connectivity index (χ4v) is 2.84. The third-order valence-corrected chi connectivity index (χ3v) is 4.24. The van der Waals surface area contributed by atoms with Crippen LogP contribution < -0.4 is 4.74 Å². The molecule has 3 rings (SSSR count). The first-order valence-corrected chi connectivity index (χ1v) is 8.60. The molecule has 1 N–H and O–H groups in total. The minimum atomic E-state index is -0.197. The molecule has 5 nitrogen and oxygen atoms in total. The lowest BCUT2D eigenvalue weighted by Crippen LogP contribution is -2.37. The van der Waals surface area contributed by atoms with Crippen molar-refractivity contribution in [3.63, 3.8) is 0 Å². The fraction of sp³-hybridized carbons (Fsp3) is 0.350. The molecule has 1 aliphatic rings. The first-order valence-electron chi connectivity index (χ1n) is 8.60. The maximum atomic E-state index is 12.4. The van der Waals surface area contributed by atoms with E-state index in [-0.39, 0.29) is 17.1 Å². The van der Waals surface area contributed by atoms with E-state index in [9.17, 15) is 9.90 Å². The van der Waals surface area contributed by atoms with Crippen molar-refractivity contribution >= 4 is 5.78 Å². The van der Waals surface area contributed by atoms with Gasteiger partial charge in [-0.05, 0) is 18.6 Å². The molecule has 0 aliphatic carbocycles. The Balaban J connectivity index is 1.52. The van der Waals surface area contributed by atoms with Gasteiger partial charge in [-0.2, -0.15) is 0 Å². The molecule has 1 saturated heterocycles. The molecule has 2 aromatic carbocycles. The molecule has 0 amide bonds. The number of ketones is 1. The minimum Gasteiger partial charge on any atom is -0.507 e. The molecule has 25 heavy (non-hydrogen) atoms. The molecule has 1 aliphatic heterocycles. The Kier molecular flexibility index (Phi) is 6.04. The van der Waals surface area contributed by atoms with Crippen LogP contribution in [-0.2, 0) is 4.74 Å². The lowest BCUT2D eigenvalue weighted by atomic mass is 10.0. The van der Waals surface area contributed by atoms with Crippen LogP contribution in [0.3, 0.4) is 0 Å². The predicted molar refractivity (Wildman–Crippen MR) is 95.4 cm³/mol. The third-order valence-electron chi connectivity index (χ3n) is 4.24. The number of phenolic OH excluding ortho intramolecular Hbond substituents is 1. The molecule has 1 fully saturated rings. The van der Waals surface area contributed by atoms with Crippen molar-refractivity contribution in [2.75, 3.05) is 39.5 Å². The molecule has 1 heterocycles. The summed E-state index contributed by atoms with van der Waals surface area (Å²) in [4.78, 5) is 14.8. The SMILES string of the molecule is O=C(c1ccccc1)c1ccc(OCCCN2CCOCC2)cc1O. The highest BCUT2D eigenvalue weighted by molar-refractivity contribution is 6.10. The smallest absolute Gasteiger partial charge is 0.196 e. The summed E-state index contributed by atoms with van der Waals surface area (Å²) < 4.78 is 11.0. The summed E-state index contributed by atoms with van der Waals surface area (Å²) >= 11 is 0. The maximum absolute atomic E-state index is 12.4. The van der Waals surface area contributed by atoms with E-state index in [1.165, 1.54) is 6.07 Å². The summed E-state index contributed by atoms with van der Waals surface area (Å²) in [6.45, 7) is 5.08. The van der Waals surface area contributed by atoms with Gasteiger partial charge in [0.25, 0.3) is 0 Å². The molecule has 0 saturated carbocycles. The van der Waals surface area contributed by atoms with Crippen molar-refractivity contribution in [2.24, 2.45) is 0 Å². The number of morpholine rings is 1. The second-order valence-electron chi connectivity index (χ2n) is 6.03. The van der Waals surface area contributed by atoms with Crippen LogP contribution >= 0.6 is 0 Å². The lowest BCUT2D eigenvalue weighted by Gasteiger charge is -2.26. The number of carbonyl (C=O) groups is 1. The van der Waals surface area contributed by atoms with E-state index >= 15 is 0 Å².